The Balaban J connectivity index is 2.06. The van der Waals surface area contributed by atoms with Crippen molar-refractivity contribution in [3.8, 4) is 11.5 Å². The molecule has 2 rings (SSSR count). The Morgan fingerprint density at radius 1 is 1.19 bits per heavy atom. The van der Waals surface area contributed by atoms with Crippen LogP contribution >= 0.6 is 0 Å². The van der Waals surface area contributed by atoms with Crippen molar-refractivity contribution in [2.75, 3.05) is 0 Å². The normalized spacial score (nSPS) is 10.7. The molecule has 2 aromatic rings. The maximum atomic E-state index is 10.9. The molecule has 0 bridgehead atoms. The molecular weight excluding hydrogens is 268 g/mol. The second kappa shape index (κ2) is 6.61. The molecule has 0 aliphatic rings. The molecule has 108 valence electrons. The molecule has 0 heterocycles. The molecule has 0 amide bonds. The van der Waals surface area contributed by atoms with Gasteiger partial charge in [-0.25, -0.2) is 4.79 Å². The van der Waals surface area contributed by atoms with Crippen LogP contribution in [0.25, 0.3) is 6.08 Å². The lowest BCUT2D eigenvalue weighted by atomic mass is 10.1. The molecule has 0 fully saturated rings. The Hall–Kier alpha value is -2.75. The fourth-order valence-corrected chi connectivity index (χ4v) is 1.86. The number of phenols is 1. The lowest BCUT2D eigenvalue weighted by Gasteiger charge is -2.08. The molecule has 0 aliphatic heterocycles. The molecule has 2 aromatic carbocycles. The third-order valence-electron chi connectivity index (χ3n) is 2.94. The van der Waals surface area contributed by atoms with Crippen molar-refractivity contribution in [1.29, 1.82) is 0 Å². The monoisotopic (exact) mass is 284 g/mol. The predicted octanol–water partition coefficient (Wildman–Crippen LogP) is 3.70. The minimum atomic E-state index is -1.19. The van der Waals surface area contributed by atoms with Crippen LogP contribution in [-0.2, 0) is 6.61 Å². The lowest BCUT2D eigenvalue weighted by Crippen LogP contribution is -2.00. The summed E-state index contributed by atoms with van der Waals surface area (Å²) in [5.74, 6) is -1.05. The zero-order valence-electron chi connectivity index (χ0n) is 11.6. The van der Waals surface area contributed by atoms with Crippen LogP contribution < -0.4 is 4.74 Å². The van der Waals surface area contributed by atoms with Crippen LogP contribution in [0.1, 0.15) is 28.4 Å². The van der Waals surface area contributed by atoms with Crippen LogP contribution in [-0.4, -0.2) is 16.2 Å². The summed E-state index contributed by atoms with van der Waals surface area (Å²) in [7, 11) is 0. The third-order valence-corrected chi connectivity index (χ3v) is 2.94. The Bertz CT molecular complexity index is 657. The van der Waals surface area contributed by atoms with Gasteiger partial charge in [0.05, 0.1) is 0 Å². The van der Waals surface area contributed by atoms with E-state index in [1.807, 2.05) is 43.3 Å². The first-order valence-corrected chi connectivity index (χ1v) is 6.51. The molecule has 0 spiro atoms. The van der Waals surface area contributed by atoms with Crippen molar-refractivity contribution >= 4 is 12.0 Å². The number of ether oxygens (including phenoxy) is 1. The lowest BCUT2D eigenvalue weighted by molar-refractivity contribution is 0.0693. The van der Waals surface area contributed by atoms with Gasteiger partial charge in [0.2, 0.25) is 0 Å². The van der Waals surface area contributed by atoms with Gasteiger partial charge in [0, 0.05) is 0 Å². The summed E-state index contributed by atoms with van der Waals surface area (Å²) < 4.78 is 5.55. The highest BCUT2D eigenvalue weighted by Gasteiger charge is 2.10. The molecular formula is C17H16O4. The fourth-order valence-electron chi connectivity index (χ4n) is 1.86. The smallest absolute Gasteiger partial charge is 0.339 e. The first-order valence-electron chi connectivity index (χ1n) is 6.51. The van der Waals surface area contributed by atoms with E-state index in [1.54, 1.807) is 0 Å². The van der Waals surface area contributed by atoms with Crippen LogP contribution in [0.15, 0.2) is 48.5 Å². The molecule has 4 nitrogen and oxygen atoms in total. The van der Waals surface area contributed by atoms with Crippen molar-refractivity contribution in [1.82, 2.24) is 0 Å². The van der Waals surface area contributed by atoms with Gasteiger partial charge in [-0.2, -0.15) is 0 Å². The fraction of sp³-hybridized carbons (Fsp3) is 0.118. The van der Waals surface area contributed by atoms with Gasteiger partial charge >= 0.3 is 5.97 Å². The van der Waals surface area contributed by atoms with Crippen molar-refractivity contribution < 1.29 is 19.7 Å². The average Bonchev–Trinajstić information content (AvgIpc) is 2.48. The summed E-state index contributed by atoms with van der Waals surface area (Å²) in [6.07, 6.45) is 3.97. The second-order valence-electron chi connectivity index (χ2n) is 4.51. The van der Waals surface area contributed by atoms with Gasteiger partial charge in [0.25, 0.3) is 0 Å². The summed E-state index contributed by atoms with van der Waals surface area (Å²) in [4.78, 5) is 10.9. The highest BCUT2D eigenvalue weighted by atomic mass is 16.5. The maximum Gasteiger partial charge on any atom is 0.339 e. The van der Waals surface area contributed by atoms with Gasteiger partial charge in [-0.3, -0.25) is 0 Å². The number of carboxylic acid groups (broad SMARTS) is 1. The molecule has 21 heavy (non-hydrogen) atoms. The number of allylic oxidation sites excluding steroid dienone is 1. The largest absolute Gasteiger partial charge is 0.507 e. The molecule has 0 unspecified atom stereocenters. The first kappa shape index (κ1) is 14.7. The summed E-state index contributed by atoms with van der Waals surface area (Å²) >= 11 is 0. The van der Waals surface area contributed by atoms with E-state index in [9.17, 15) is 9.90 Å². The Kier molecular flexibility index (Phi) is 4.61. The molecule has 0 saturated carbocycles. The zero-order chi connectivity index (χ0) is 15.2. The van der Waals surface area contributed by atoms with Crippen LogP contribution in [0, 0.1) is 0 Å². The minimum Gasteiger partial charge on any atom is -0.507 e. The van der Waals surface area contributed by atoms with Gasteiger partial charge in [0.15, 0.2) is 0 Å². The number of hydrogen-bond donors (Lipinski definition) is 2. The SMILES string of the molecule is CC=Cc1ccc(COc2ccc(O)c(C(=O)O)c2)cc1. The quantitative estimate of drug-likeness (QED) is 0.878. The summed E-state index contributed by atoms with van der Waals surface area (Å²) in [6.45, 7) is 2.29. The number of hydrogen-bond acceptors (Lipinski definition) is 3. The Labute approximate surface area is 122 Å². The van der Waals surface area contributed by atoms with Gasteiger partial charge < -0.3 is 14.9 Å². The summed E-state index contributed by atoms with van der Waals surface area (Å²) in [5, 5.41) is 18.4. The summed E-state index contributed by atoms with van der Waals surface area (Å²) in [5.41, 5.74) is 1.92. The minimum absolute atomic E-state index is 0.170. The number of carboxylic acids is 1. The van der Waals surface area contributed by atoms with Crippen molar-refractivity contribution in [2.24, 2.45) is 0 Å². The molecule has 0 aliphatic carbocycles. The van der Waals surface area contributed by atoms with Crippen molar-refractivity contribution in [3.05, 3.63) is 65.2 Å². The van der Waals surface area contributed by atoms with E-state index in [2.05, 4.69) is 0 Å². The molecule has 0 radical (unpaired) electrons. The Morgan fingerprint density at radius 3 is 2.52 bits per heavy atom. The van der Waals surface area contributed by atoms with Gasteiger partial charge in [-0.05, 0) is 36.2 Å². The van der Waals surface area contributed by atoms with Crippen LogP contribution in [0.3, 0.4) is 0 Å². The number of carbonyl (C=O) groups is 1. The molecule has 4 heteroatoms. The van der Waals surface area contributed by atoms with Crippen molar-refractivity contribution in [3.63, 3.8) is 0 Å². The Morgan fingerprint density at radius 2 is 1.90 bits per heavy atom. The molecule has 0 aromatic heterocycles. The third kappa shape index (κ3) is 3.86. The maximum absolute atomic E-state index is 10.9. The van der Waals surface area contributed by atoms with E-state index in [4.69, 9.17) is 9.84 Å². The topological polar surface area (TPSA) is 66.8 Å². The van der Waals surface area contributed by atoms with Crippen molar-refractivity contribution in [2.45, 2.75) is 13.5 Å². The van der Waals surface area contributed by atoms with E-state index in [0.29, 0.717) is 12.4 Å². The highest BCUT2D eigenvalue weighted by molar-refractivity contribution is 5.91. The summed E-state index contributed by atoms with van der Waals surface area (Å²) in [6, 6.07) is 12.0. The van der Waals surface area contributed by atoms with Gasteiger partial charge in [-0.1, -0.05) is 36.4 Å². The molecule has 0 atom stereocenters. The first-order chi connectivity index (χ1) is 10.1. The average molecular weight is 284 g/mol. The van der Waals surface area contributed by atoms with E-state index in [1.165, 1.54) is 18.2 Å². The van der Waals surface area contributed by atoms with Gasteiger partial charge in [0.1, 0.15) is 23.7 Å². The van der Waals surface area contributed by atoms with E-state index < -0.39 is 5.97 Å². The number of aromatic hydroxyl groups is 1. The highest BCUT2D eigenvalue weighted by Crippen LogP contribution is 2.23. The number of rotatable bonds is 5. The molecule has 2 N–H and O–H groups in total. The standard InChI is InChI=1S/C17H16O4/c1-2-3-12-4-6-13(7-5-12)11-21-14-8-9-16(18)15(10-14)17(19)20/h2-10,18H,11H2,1H3,(H,19,20). The number of aromatic carboxylic acids is 1. The zero-order valence-corrected chi connectivity index (χ0v) is 11.6. The second-order valence-corrected chi connectivity index (χ2v) is 4.51. The van der Waals surface area contributed by atoms with Crippen LogP contribution in [0.5, 0.6) is 11.5 Å². The van der Waals surface area contributed by atoms with E-state index in [0.717, 1.165) is 11.1 Å². The molecule has 0 saturated heterocycles. The van der Waals surface area contributed by atoms with E-state index >= 15 is 0 Å². The van der Waals surface area contributed by atoms with E-state index in [-0.39, 0.29) is 11.3 Å². The van der Waals surface area contributed by atoms with Crippen LogP contribution in [0.2, 0.25) is 0 Å². The van der Waals surface area contributed by atoms with Crippen LogP contribution in [0.4, 0.5) is 0 Å². The number of benzene rings is 2. The predicted molar refractivity (Wildman–Crippen MR) is 80.5 cm³/mol. The van der Waals surface area contributed by atoms with Gasteiger partial charge in [-0.15, -0.1) is 0 Å².